The summed E-state index contributed by atoms with van der Waals surface area (Å²) < 4.78 is 0. The normalized spacial score (nSPS) is 11.2. The van der Waals surface area contributed by atoms with Crippen molar-refractivity contribution in [1.29, 1.82) is 0 Å². The van der Waals surface area contributed by atoms with Crippen molar-refractivity contribution in [3.05, 3.63) is 255 Å². The molecule has 0 radical (unpaired) electrons. The van der Waals surface area contributed by atoms with Crippen LogP contribution in [0.15, 0.2) is 255 Å². The van der Waals surface area contributed by atoms with E-state index in [0.29, 0.717) is 0 Å². The predicted molar refractivity (Wildman–Crippen MR) is 265 cm³/mol. The zero-order chi connectivity index (χ0) is 41.2. The molecule has 0 aliphatic rings. The van der Waals surface area contributed by atoms with Crippen molar-refractivity contribution in [2.45, 2.75) is 0 Å². The molecular weight excluding hydrogens is 749 g/mol. The summed E-state index contributed by atoms with van der Waals surface area (Å²) in [5, 5.41) is 7.33. The van der Waals surface area contributed by atoms with Gasteiger partial charge in [-0.1, -0.05) is 194 Å². The molecule has 0 N–H and O–H groups in total. The van der Waals surface area contributed by atoms with Gasteiger partial charge in [0.2, 0.25) is 0 Å². The fraction of sp³-hybridized carbons (Fsp3) is 0. The van der Waals surface area contributed by atoms with Gasteiger partial charge in [-0.05, 0) is 116 Å². The van der Waals surface area contributed by atoms with Crippen LogP contribution in [-0.2, 0) is 0 Å². The first-order valence-electron chi connectivity index (χ1n) is 21.3. The average Bonchev–Trinajstić information content (AvgIpc) is 3.35. The molecule has 11 aromatic rings. The molecule has 11 rings (SSSR count). The highest BCUT2D eigenvalue weighted by Crippen LogP contribution is 2.45. The lowest BCUT2D eigenvalue weighted by Gasteiger charge is -2.29. The first-order valence-corrected chi connectivity index (χ1v) is 21.3. The minimum Gasteiger partial charge on any atom is -0.310 e. The molecule has 0 heterocycles. The van der Waals surface area contributed by atoms with Gasteiger partial charge < -0.3 is 9.80 Å². The SMILES string of the molecule is c1ccc(-c2ccc(N(c3ccc(-c4ccc(N(c5ccccc5)c5cccc6ccccc56)cc4)cc3)c3cc4ccccc4c4ccccc34)cc2-c2ccccc2)cc1. The smallest absolute Gasteiger partial charge is 0.0546 e. The molecule has 0 bridgehead atoms. The summed E-state index contributed by atoms with van der Waals surface area (Å²) >= 11 is 0. The molecule has 0 atom stereocenters. The zero-order valence-corrected chi connectivity index (χ0v) is 34.1. The van der Waals surface area contributed by atoms with Crippen LogP contribution in [0, 0.1) is 0 Å². The maximum Gasteiger partial charge on any atom is 0.0546 e. The molecule has 0 saturated carbocycles. The van der Waals surface area contributed by atoms with Crippen molar-refractivity contribution in [3.63, 3.8) is 0 Å². The maximum absolute atomic E-state index is 2.44. The predicted octanol–water partition coefficient (Wildman–Crippen LogP) is 17.1. The van der Waals surface area contributed by atoms with E-state index in [2.05, 4.69) is 265 Å². The maximum atomic E-state index is 2.44. The summed E-state index contributed by atoms with van der Waals surface area (Å²) in [6.07, 6.45) is 0. The van der Waals surface area contributed by atoms with Crippen molar-refractivity contribution in [2.75, 3.05) is 9.80 Å². The molecular formula is C60H42N2. The van der Waals surface area contributed by atoms with Crippen LogP contribution in [-0.4, -0.2) is 0 Å². The summed E-state index contributed by atoms with van der Waals surface area (Å²) in [5.74, 6) is 0. The third-order valence-electron chi connectivity index (χ3n) is 12.0. The molecule has 292 valence electrons. The number of anilines is 6. The van der Waals surface area contributed by atoms with Gasteiger partial charge in [0.1, 0.15) is 0 Å². The number of rotatable bonds is 9. The lowest BCUT2D eigenvalue weighted by Crippen LogP contribution is -2.11. The Hall–Kier alpha value is -8.20. The van der Waals surface area contributed by atoms with Gasteiger partial charge in [0, 0.05) is 33.5 Å². The lowest BCUT2D eigenvalue weighted by molar-refractivity contribution is 1.29. The molecule has 2 heteroatoms. The van der Waals surface area contributed by atoms with Gasteiger partial charge in [-0.3, -0.25) is 0 Å². The number of benzene rings is 11. The van der Waals surface area contributed by atoms with E-state index in [1.807, 2.05) is 0 Å². The number of hydrogen-bond donors (Lipinski definition) is 0. The van der Waals surface area contributed by atoms with Crippen LogP contribution in [0.25, 0.3) is 65.7 Å². The van der Waals surface area contributed by atoms with E-state index >= 15 is 0 Å². The summed E-state index contributed by atoms with van der Waals surface area (Å²) in [5.41, 5.74) is 13.8. The minimum atomic E-state index is 1.09. The lowest BCUT2D eigenvalue weighted by atomic mass is 9.93. The second-order valence-corrected chi connectivity index (χ2v) is 15.7. The van der Waals surface area contributed by atoms with E-state index in [0.717, 1.165) is 45.3 Å². The summed E-state index contributed by atoms with van der Waals surface area (Å²) in [7, 11) is 0. The fourth-order valence-corrected chi connectivity index (χ4v) is 9.06. The molecule has 0 spiro atoms. The standard InChI is InChI=1S/C60H42N2/c1-4-17-45(18-5-1)54-40-39-52(42-58(54)47-19-6-2-7-20-47)62(60-41-48-22-11-12-26-53(48)56-28-14-15-29-57(56)60)51-37-33-44(34-38-51)43-31-35-50(36-32-43)61(49-24-8-3-9-25-49)59-30-16-23-46-21-10-13-27-55(46)59/h1-42H. The Kier molecular flexibility index (Phi) is 9.57. The second kappa shape index (κ2) is 16.1. The van der Waals surface area contributed by atoms with Crippen LogP contribution in [0.2, 0.25) is 0 Å². The molecule has 0 aromatic heterocycles. The average molecular weight is 791 g/mol. The Morgan fingerprint density at radius 3 is 1.31 bits per heavy atom. The van der Waals surface area contributed by atoms with Gasteiger partial charge in [0.05, 0.1) is 11.4 Å². The molecule has 11 aromatic carbocycles. The van der Waals surface area contributed by atoms with Crippen molar-refractivity contribution in [1.82, 2.24) is 0 Å². The van der Waals surface area contributed by atoms with Gasteiger partial charge in [-0.15, -0.1) is 0 Å². The van der Waals surface area contributed by atoms with Crippen LogP contribution in [0.3, 0.4) is 0 Å². The summed E-state index contributed by atoms with van der Waals surface area (Å²) in [6.45, 7) is 0. The van der Waals surface area contributed by atoms with Gasteiger partial charge >= 0.3 is 0 Å². The van der Waals surface area contributed by atoms with Crippen molar-refractivity contribution in [2.24, 2.45) is 0 Å². The van der Waals surface area contributed by atoms with Crippen LogP contribution < -0.4 is 9.80 Å². The highest BCUT2D eigenvalue weighted by Gasteiger charge is 2.20. The number of para-hydroxylation sites is 1. The van der Waals surface area contributed by atoms with Crippen LogP contribution in [0.4, 0.5) is 34.1 Å². The third kappa shape index (κ3) is 6.84. The van der Waals surface area contributed by atoms with E-state index in [9.17, 15) is 0 Å². The highest BCUT2D eigenvalue weighted by molar-refractivity contribution is 6.14. The molecule has 0 amide bonds. The fourth-order valence-electron chi connectivity index (χ4n) is 9.06. The second-order valence-electron chi connectivity index (χ2n) is 15.7. The number of nitrogens with zero attached hydrogens (tertiary/aromatic N) is 2. The first-order chi connectivity index (χ1) is 30.8. The van der Waals surface area contributed by atoms with Gasteiger partial charge in [-0.25, -0.2) is 0 Å². The largest absolute Gasteiger partial charge is 0.310 e. The number of hydrogen-bond acceptors (Lipinski definition) is 2. The van der Waals surface area contributed by atoms with E-state index in [4.69, 9.17) is 0 Å². The summed E-state index contributed by atoms with van der Waals surface area (Å²) in [4.78, 5) is 4.79. The first kappa shape index (κ1) is 36.8. The summed E-state index contributed by atoms with van der Waals surface area (Å²) in [6, 6.07) is 92.1. The molecule has 0 unspecified atom stereocenters. The Morgan fingerprint density at radius 1 is 0.210 bits per heavy atom. The van der Waals surface area contributed by atoms with E-state index < -0.39 is 0 Å². The Bertz CT molecular complexity index is 3320. The van der Waals surface area contributed by atoms with Gasteiger partial charge in [-0.2, -0.15) is 0 Å². The minimum absolute atomic E-state index is 1.09. The van der Waals surface area contributed by atoms with Crippen LogP contribution in [0.5, 0.6) is 0 Å². The van der Waals surface area contributed by atoms with Crippen molar-refractivity contribution >= 4 is 66.4 Å². The molecule has 0 saturated heterocycles. The number of fused-ring (bicyclic) bond motifs is 4. The molecule has 0 aliphatic heterocycles. The Balaban J connectivity index is 1.03. The third-order valence-corrected chi connectivity index (χ3v) is 12.0. The van der Waals surface area contributed by atoms with E-state index in [1.54, 1.807) is 0 Å². The van der Waals surface area contributed by atoms with Gasteiger partial charge in [0.15, 0.2) is 0 Å². The monoisotopic (exact) mass is 790 g/mol. The Morgan fingerprint density at radius 2 is 0.661 bits per heavy atom. The highest BCUT2D eigenvalue weighted by atomic mass is 15.1. The zero-order valence-electron chi connectivity index (χ0n) is 34.1. The van der Waals surface area contributed by atoms with Crippen LogP contribution >= 0.6 is 0 Å². The van der Waals surface area contributed by atoms with Crippen molar-refractivity contribution in [3.8, 4) is 33.4 Å². The van der Waals surface area contributed by atoms with Gasteiger partial charge in [0.25, 0.3) is 0 Å². The van der Waals surface area contributed by atoms with E-state index in [-0.39, 0.29) is 0 Å². The topological polar surface area (TPSA) is 6.48 Å². The Labute approximate surface area is 362 Å². The molecule has 2 nitrogen and oxygen atoms in total. The molecule has 0 fully saturated rings. The molecule has 62 heavy (non-hydrogen) atoms. The van der Waals surface area contributed by atoms with E-state index in [1.165, 1.54) is 54.6 Å². The van der Waals surface area contributed by atoms with Crippen molar-refractivity contribution < 1.29 is 0 Å². The van der Waals surface area contributed by atoms with Crippen LogP contribution in [0.1, 0.15) is 0 Å². The molecule has 0 aliphatic carbocycles. The quantitative estimate of drug-likeness (QED) is 0.134.